The number of anilines is 2. The minimum absolute atomic E-state index is 0. The van der Waals surface area contributed by atoms with Crippen LogP contribution in [0.15, 0.2) is 82.6 Å². The molecule has 4 radical (unpaired) electrons. The van der Waals surface area contributed by atoms with Crippen molar-refractivity contribution in [3.8, 4) is 0 Å². The summed E-state index contributed by atoms with van der Waals surface area (Å²) in [7, 11) is -6.40. The predicted molar refractivity (Wildman–Crippen MR) is 154 cm³/mol. The number of benzene rings is 4. The van der Waals surface area contributed by atoms with Gasteiger partial charge < -0.3 is 48.4 Å². The number of rotatable bonds is 2. The van der Waals surface area contributed by atoms with E-state index >= 15 is 0 Å². The maximum absolute atomic E-state index is 11.5. The molecule has 0 saturated heterocycles. The van der Waals surface area contributed by atoms with Gasteiger partial charge in [-0.3, -0.25) is 0 Å². The Labute approximate surface area is 338 Å². The molecule has 0 atom stereocenters. The van der Waals surface area contributed by atoms with Crippen molar-refractivity contribution in [2.45, 2.75) is 9.79 Å². The van der Waals surface area contributed by atoms with Crippen LogP contribution in [0.2, 0.25) is 0 Å². The third-order valence-electron chi connectivity index (χ3n) is 4.63. The van der Waals surface area contributed by atoms with Gasteiger partial charge in [-0.15, -0.1) is 0 Å². The summed E-state index contributed by atoms with van der Waals surface area (Å²) < 4.78 is 46.1. The Bertz CT molecular complexity index is 1380. The zero-order valence-corrected chi connectivity index (χ0v) is 35.6. The normalized spacial score (nSPS) is 8.85. The minimum atomic E-state index is -3.20. The summed E-state index contributed by atoms with van der Waals surface area (Å²) in [6.07, 6.45) is 2.40. The summed E-state index contributed by atoms with van der Waals surface area (Å²) in [6.45, 7) is 0. The SMILES string of the molecule is CS(=O)(=O)c1ccc(N)c2ccccc12.CS(=O)(=O)c1ccc(N)c2ccccc12.N.N.[NH2-].[NH2-].[NH2-].[NH2-].[Y].[Y].[Y].[Y]. The third-order valence-corrected chi connectivity index (χ3v) is 6.94. The molecule has 18 N–H and O–H groups in total. The van der Waals surface area contributed by atoms with Crippen LogP contribution >= 0.6 is 0 Å². The van der Waals surface area contributed by atoms with E-state index in [0.717, 1.165) is 10.8 Å². The summed E-state index contributed by atoms with van der Waals surface area (Å²) >= 11 is 0. The van der Waals surface area contributed by atoms with Gasteiger partial charge in [0, 0.05) is 176 Å². The van der Waals surface area contributed by atoms with E-state index in [9.17, 15) is 16.8 Å². The monoisotopic (exact) mass is 896 g/mol. The van der Waals surface area contributed by atoms with E-state index in [2.05, 4.69) is 0 Å². The molecule has 4 aromatic rings. The second-order valence-electron chi connectivity index (χ2n) is 6.94. The molecule has 0 aliphatic heterocycles. The first-order valence-corrected chi connectivity index (χ1v) is 12.7. The van der Waals surface area contributed by atoms with E-state index in [-0.39, 0.29) is 168 Å². The molecule has 40 heavy (non-hydrogen) atoms. The van der Waals surface area contributed by atoms with E-state index in [1.165, 1.54) is 12.5 Å². The Morgan fingerprint density at radius 2 is 0.675 bits per heavy atom. The van der Waals surface area contributed by atoms with Crippen LogP contribution in [-0.4, -0.2) is 29.3 Å². The third kappa shape index (κ3) is 15.2. The minimum Gasteiger partial charge on any atom is -0.693 e. The first-order chi connectivity index (χ1) is 14.0. The van der Waals surface area contributed by atoms with Gasteiger partial charge in [0.2, 0.25) is 0 Å². The molecule has 0 fully saturated rings. The summed E-state index contributed by atoms with van der Waals surface area (Å²) in [5.41, 5.74) is 12.7. The number of nitrogen functional groups attached to an aromatic ring is 2. The quantitative estimate of drug-likeness (QED) is 0.154. The van der Waals surface area contributed by atoms with Crippen molar-refractivity contribution >= 4 is 52.6 Å². The van der Waals surface area contributed by atoms with Crippen LogP contribution in [0, 0.1) is 0 Å². The van der Waals surface area contributed by atoms with E-state index < -0.39 is 19.7 Å². The Morgan fingerprint density at radius 3 is 0.900 bits per heavy atom. The molecule has 0 amide bonds. The van der Waals surface area contributed by atoms with E-state index in [4.69, 9.17) is 11.5 Å². The first kappa shape index (κ1) is 60.3. The molecule has 0 aromatic heterocycles. The molecule has 12 nitrogen and oxygen atoms in total. The molecule has 0 unspecified atom stereocenters. The maximum Gasteiger partial charge on any atom is 0.176 e. The van der Waals surface area contributed by atoms with Crippen molar-refractivity contribution in [1.82, 2.24) is 12.3 Å². The van der Waals surface area contributed by atoms with Gasteiger partial charge in [0.15, 0.2) is 19.7 Å². The summed E-state index contributed by atoms with van der Waals surface area (Å²) in [5.74, 6) is 0. The standard InChI is InChI=1S/2C11H11NO2S.2H3N.4H2N.4Y/c2*1-15(13,14)11-7-6-10(12)8-4-2-3-5-9(8)11;;;;;;;;;;/h2*2-7H,12H2,1H3;2*1H3;4*1H2;;;;/q;;;;4*-1;;;;. The molecular formula is C22H36N8O4S2Y4-4. The molecule has 0 saturated carbocycles. The Hall–Kier alpha value is 1.08. The number of nitrogens with two attached hydrogens (primary N) is 6. The van der Waals surface area contributed by atoms with Gasteiger partial charge in [-0.1, -0.05) is 48.5 Å². The number of sulfone groups is 2. The summed E-state index contributed by atoms with van der Waals surface area (Å²) in [4.78, 5) is 0.652. The first-order valence-electron chi connectivity index (χ1n) is 8.94. The van der Waals surface area contributed by atoms with Crippen LogP contribution in [0.25, 0.3) is 46.1 Å². The van der Waals surface area contributed by atoms with Crippen molar-refractivity contribution in [1.29, 1.82) is 0 Å². The smallest absolute Gasteiger partial charge is 0.176 e. The van der Waals surface area contributed by atoms with Crippen molar-refractivity contribution in [3.05, 3.63) is 97.4 Å². The van der Waals surface area contributed by atoms with Gasteiger partial charge in [0.05, 0.1) is 9.79 Å². The van der Waals surface area contributed by atoms with Crippen LogP contribution in [0.3, 0.4) is 0 Å². The van der Waals surface area contributed by atoms with Crippen LogP contribution < -0.4 is 23.8 Å². The second kappa shape index (κ2) is 25.4. The zero-order valence-electron chi connectivity index (χ0n) is 22.6. The molecule has 0 aliphatic rings. The molecule has 4 rings (SSSR count). The Morgan fingerprint density at radius 1 is 0.450 bits per heavy atom. The van der Waals surface area contributed by atoms with Crippen molar-refractivity contribution in [2.24, 2.45) is 0 Å². The number of fused-ring (bicyclic) bond motifs is 2. The van der Waals surface area contributed by atoms with Gasteiger partial charge in [-0.2, -0.15) is 0 Å². The molecule has 0 bridgehead atoms. The van der Waals surface area contributed by atoms with Gasteiger partial charge in [0.25, 0.3) is 0 Å². The van der Waals surface area contributed by atoms with Gasteiger partial charge in [-0.25, -0.2) is 16.8 Å². The Balaban J connectivity index is -0.0000000683. The molecule has 4 aromatic carbocycles. The van der Waals surface area contributed by atoms with E-state index in [0.29, 0.717) is 31.9 Å². The second-order valence-corrected chi connectivity index (χ2v) is 10.9. The number of hydrogen-bond acceptors (Lipinski definition) is 8. The van der Waals surface area contributed by atoms with Gasteiger partial charge in [-0.05, 0) is 24.3 Å². The van der Waals surface area contributed by atoms with Crippen LogP contribution in [0.5, 0.6) is 0 Å². The van der Waals surface area contributed by atoms with Gasteiger partial charge >= 0.3 is 0 Å². The van der Waals surface area contributed by atoms with Crippen molar-refractivity contribution in [3.63, 3.8) is 0 Å². The summed E-state index contributed by atoms with van der Waals surface area (Å²) in [6, 6.07) is 20.8. The van der Waals surface area contributed by atoms with Crippen molar-refractivity contribution < 1.29 is 148 Å². The van der Waals surface area contributed by atoms with Crippen LogP contribution in [0.1, 0.15) is 0 Å². The molecule has 216 valence electrons. The van der Waals surface area contributed by atoms with Gasteiger partial charge in [0.1, 0.15) is 0 Å². The fourth-order valence-corrected chi connectivity index (χ4v) is 5.02. The maximum atomic E-state index is 11.5. The van der Waals surface area contributed by atoms with Crippen LogP contribution in [0.4, 0.5) is 11.4 Å². The topological polar surface area (TPSA) is 324 Å². The molecule has 18 heteroatoms. The molecule has 0 spiro atoms. The Kier molecular flexibility index (Phi) is 38.3. The predicted octanol–water partition coefficient (Wildman–Crippen LogP) is 6.83. The van der Waals surface area contributed by atoms with Crippen molar-refractivity contribution in [2.75, 3.05) is 24.0 Å². The fraction of sp³-hybridized carbons (Fsp3) is 0.0909. The fourth-order valence-electron chi connectivity index (χ4n) is 3.24. The average Bonchev–Trinajstić information content (AvgIpc) is 2.67. The van der Waals surface area contributed by atoms with E-state index in [1.807, 2.05) is 24.3 Å². The molecule has 0 aliphatic carbocycles. The number of hydrogen-bond donors (Lipinski definition) is 4. The van der Waals surface area contributed by atoms with E-state index in [1.54, 1.807) is 48.5 Å². The molecular weight excluding hydrogens is 860 g/mol. The summed E-state index contributed by atoms with van der Waals surface area (Å²) in [5, 5.41) is 2.92. The van der Waals surface area contributed by atoms with Crippen LogP contribution in [-0.2, 0) is 151 Å². The molecule has 0 heterocycles. The largest absolute Gasteiger partial charge is 0.693 e. The average molecular weight is 896 g/mol. The zero-order chi connectivity index (χ0) is 22.1.